The standard InChI is InChI=1S/C19H33N3O3/c1-16(2,3)10-14(23)21-13-17-11-18(12-17,15(24)22(4)5)19(25-17)6-8-20-9-7-19/h20H,6-13H2,1-5H3,(H,21,23). The van der Waals surface area contributed by atoms with Crippen LogP contribution in [-0.2, 0) is 14.3 Å². The van der Waals surface area contributed by atoms with Gasteiger partial charge < -0.3 is 20.3 Å². The van der Waals surface area contributed by atoms with Gasteiger partial charge in [-0.25, -0.2) is 0 Å². The Balaban J connectivity index is 1.72. The SMILES string of the molecule is CN(C)C(=O)C12CC(CNC(=O)CC(C)(C)C)(C1)OC21CCNCC1. The Morgan fingerprint density at radius 1 is 1.16 bits per heavy atom. The average Bonchev–Trinajstić information content (AvgIpc) is 2.87. The lowest BCUT2D eigenvalue weighted by molar-refractivity contribution is -0.149. The first-order valence-electron chi connectivity index (χ1n) is 9.43. The van der Waals surface area contributed by atoms with Crippen molar-refractivity contribution in [2.75, 3.05) is 33.7 Å². The van der Waals surface area contributed by atoms with Gasteiger partial charge in [-0.05, 0) is 44.2 Å². The van der Waals surface area contributed by atoms with Crippen LogP contribution in [-0.4, -0.2) is 61.6 Å². The number of nitrogens with zero attached hydrogens (tertiary/aromatic N) is 1. The smallest absolute Gasteiger partial charge is 0.231 e. The molecule has 1 spiro atoms. The molecule has 1 saturated carbocycles. The summed E-state index contributed by atoms with van der Waals surface area (Å²) in [4.78, 5) is 26.9. The van der Waals surface area contributed by atoms with Crippen LogP contribution in [0.2, 0.25) is 0 Å². The number of hydrogen-bond donors (Lipinski definition) is 2. The van der Waals surface area contributed by atoms with Crippen molar-refractivity contribution in [3.8, 4) is 0 Å². The lowest BCUT2D eigenvalue weighted by atomic mass is 9.53. The van der Waals surface area contributed by atoms with E-state index in [1.807, 2.05) is 14.1 Å². The molecule has 0 aromatic carbocycles. The first-order chi connectivity index (χ1) is 11.5. The van der Waals surface area contributed by atoms with Gasteiger partial charge in [0.1, 0.15) is 0 Å². The van der Waals surface area contributed by atoms with E-state index in [0.29, 0.717) is 13.0 Å². The summed E-state index contributed by atoms with van der Waals surface area (Å²) in [5.41, 5.74) is -1.17. The summed E-state index contributed by atoms with van der Waals surface area (Å²) in [6.07, 6.45) is 3.69. The molecule has 3 saturated heterocycles. The predicted molar refractivity (Wildman–Crippen MR) is 96.1 cm³/mol. The van der Waals surface area contributed by atoms with E-state index >= 15 is 0 Å². The van der Waals surface area contributed by atoms with Crippen LogP contribution in [0.5, 0.6) is 0 Å². The highest BCUT2D eigenvalue weighted by Gasteiger charge is 2.77. The molecule has 0 atom stereocenters. The van der Waals surface area contributed by atoms with Crippen LogP contribution < -0.4 is 10.6 Å². The second kappa shape index (κ2) is 5.95. The van der Waals surface area contributed by atoms with Crippen molar-refractivity contribution in [3.63, 3.8) is 0 Å². The maximum Gasteiger partial charge on any atom is 0.231 e. The van der Waals surface area contributed by atoms with E-state index in [1.54, 1.807) is 4.90 Å². The summed E-state index contributed by atoms with van der Waals surface area (Å²) >= 11 is 0. The van der Waals surface area contributed by atoms with Crippen LogP contribution in [0.25, 0.3) is 0 Å². The fraction of sp³-hybridized carbons (Fsp3) is 0.895. The van der Waals surface area contributed by atoms with Gasteiger partial charge in [-0.3, -0.25) is 9.59 Å². The van der Waals surface area contributed by atoms with Crippen molar-refractivity contribution in [2.45, 2.75) is 64.1 Å². The van der Waals surface area contributed by atoms with Crippen LogP contribution >= 0.6 is 0 Å². The van der Waals surface area contributed by atoms with Gasteiger partial charge in [0.2, 0.25) is 11.8 Å². The maximum absolute atomic E-state index is 13.0. The summed E-state index contributed by atoms with van der Waals surface area (Å²) in [5, 5.41) is 6.44. The zero-order valence-electron chi connectivity index (χ0n) is 16.3. The van der Waals surface area contributed by atoms with Gasteiger partial charge in [-0.15, -0.1) is 0 Å². The lowest BCUT2D eigenvalue weighted by Gasteiger charge is -2.49. The number of nitrogens with one attached hydrogen (secondary N) is 2. The molecule has 3 heterocycles. The molecule has 0 aromatic rings. The van der Waals surface area contributed by atoms with Gasteiger partial charge in [0, 0.05) is 27.1 Å². The van der Waals surface area contributed by atoms with E-state index < -0.39 is 5.41 Å². The van der Waals surface area contributed by atoms with Gasteiger partial charge in [-0.1, -0.05) is 20.8 Å². The van der Waals surface area contributed by atoms with Gasteiger partial charge in [0.15, 0.2) is 0 Å². The predicted octanol–water partition coefficient (Wildman–Crippen LogP) is 1.30. The fourth-order valence-corrected chi connectivity index (χ4v) is 5.10. The molecule has 142 valence electrons. The molecule has 2 amide bonds. The Morgan fingerprint density at radius 3 is 2.28 bits per heavy atom. The Labute approximate surface area is 151 Å². The lowest BCUT2D eigenvalue weighted by Crippen LogP contribution is -2.61. The number of amides is 2. The minimum Gasteiger partial charge on any atom is -0.365 e. The summed E-state index contributed by atoms with van der Waals surface area (Å²) in [6.45, 7) is 8.46. The van der Waals surface area contributed by atoms with Crippen molar-refractivity contribution in [1.82, 2.24) is 15.5 Å². The summed E-state index contributed by atoms with van der Waals surface area (Å²) in [7, 11) is 3.66. The summed E-state index contributed by atoms with van der Waals surface area (Å²) < 4.78 is 6.60. The average molecular weight is 351 g/mol. The van der Waals surface area contributed by atoms with E-state index in [2.05, 4.69) is 31.4 Å². The zero-order valence-corrected chi connectivity index (χ0v) is 16.3. The molecule has 4 fully saturated rings. The molecule has 3 aliphatic heterocycles. The normalized spacial score (nSPS) is 33.0. The van der Waals surface area contributed by atoms with Crippen molar-refractivity contribution in [3.05, 3.63) is 0 Å². The van der Waals surface area contributed by atoms with Crippen LogP contribution in [0, 0.1) is 10.8 Å². The van der Waals surface area contributed by atoms with Crippen molar-refractivity contribution < 1.29 is 14.3 Å². The van der Waals surface area contributed by atoms with Crippen LogP contribution in [0.3, 0.4) is 0 Å². The van der Waals surface area contributed by atoms with Gasteiger partial charge >= 0.3 is 0 Å². The Hall–Kier alpha value is -1.14. The summed E-state index contributed by atoms with van der Waals surface area (Å²) in [6, 6.07) is 0. The number of carbonyl (C=O) groups excluding carboxylic acids is 2. The van der Waals surface area contributed by atoms with Crippen molar-refractivity contribution in [1.29, 1.82) is 0 Å². The summed E-state index contributed by atoms with van der Waals surface area (Å²) in [5.74, 6) is 0.247. The monoisotopic (exact) mass is 351 g/mol. The maximum atomic E-state index is 13.0. The molecular weight excluding hydrogens is 318 g/mol. The molecule has 0 unspecified atom stereocenters. The molecule has 2 bridgehead atoms. The third-order valence-corrected chi connectivity index (χ3v) is 6.06. The van der Waals surface area contributed by atoms with Crippen molar-refractivity contribution in [2.24, 2.45) is 10.8 Å². The number of ether oxygens (including phenoxy) is 1. The van der Waals surface area contributed by atoms with Gasteiger partial charge in [-0.2, -0.15) is 0 Å². The molecule has 0 aromatic heterocycles. The van der Waals surface area contributed by atoms with E-state index in [4.69, 9.17) is 4.74 Å². The van der Waals surface area contributed by atoms with E-state index in [0.717, 1.165) is 38.8 Å². The molecule has 4 aliphatic rings. The van der Waals surface area contributed by atoms with E-state index in [-0.39, 0.29) is 28.4 Å². The zero-order chi connectivity index (χ0) is 18.5. The van der Waals surface area contributed by atoms with Crippen molar-refractivity contribution >= 4 is 11.8 Å². The quantitative estimate of drug-likeness (QED) is 0.801. The molecule has 0 radical (unpaired) electrons. The Morgan fingerprint density at radius 2 is 1.76 bits per heavy atom. The van der Waals surface area contributed by atoms with E-state index in [1.165, 1.54) is 0 Å². The number of carbonyl (C=O) groups is 2. The highest BCUT2D eigenvalue weighted by molar-refractivity contribution is 5.86. The fourth-order valence-electron chi connectivity index (χ4n) is 5.10. The number of hydrogen-bond acceptors (Lipinski definition) is 4. The molecule has 4 rings (SSSR count). The second-order valence-corrected chi connectivity index (χ2v) is 9.68. The Bertz CT molecular complexity index is 553. The van der Waals surface area contributed by atoms with Crippen LogP contribution in [0.15, 0.2) is 0 Å². The first kappa shape index (κ1) is 18.6. The highest BCUT2D eigenvalue weighted by Crippen LogP contribution is 2.69. The minimum atomic E-state index is -0.409. The molecule has 1 aliphatic carbocycles. The van der Waals surface area contributed by atoms with Gasteiger partial charge in [0.25, 0.3) is 0 Å². The Kier molecular flexibility index (Phi) is 4.44. The van der Waals surface area contributed by atoms with Crippen LogP contribution in [0.4, 0.5) is 0 Å². The largest absolute Gasteiger partial charge is 0.365 e. The minimum absolute atomic E-state index is 0.0290. The third kappa shape index (κ3) is 3.08. The van der Waals surface area contributed by atoms with E-state index in [9.17, 15) is 9.59 Å². The molecule has 6 heteroatoms. The first-order valence-corrected chi connectivity index (χ1v) is 9.43. The topological polar surface area (TPSA) is 70.7 Å². The molecule has 25 heavy (non-hydrogen) atoms. The molecule has 6 nitrogen and oxygen atoms in total. The third-order valence-electron chi connectivity index (χ3n) is 6.06. The van der Waals surface area contributed by atoms with Crippen LogP contribution in [0.1, 0.15) is 52.9 Å². The number of piperidine rings is 1. The molecule has 2 N–H and O–H groups in total. The molecular formula is C19H33N3O3. The highest BCUT2D eigenvalue weighted by atomic mass is 16.5. The number of rotatable bonds is 4. The second-order valence-electron chi connectivity index (χ2n) is 9.68. The van der Waals surface area contributed by atoms with Gasteiger partial charge in [0.05, 0.1) is 16.6 Å².